The molecule has 0 saturated carbocycles. The van der Waals surface area contributed by atoms with Crippen LogP contribution in [0.2, 0.25) is 10.0 Å². The van der Waals surface area contributed by atoms with E-state index in [1.54, 1.807) is 0 Å². The molecule has 1 fully saturated rings. The van der Waals surface area contributed by atoms with Gasteiger partial charge in [0.25, 0.3) is 0 Å². The van der Waals surface area contributed by atoms with Crippen LogP contribution in [-0.4, -0.2) is 28.8 Å². The van der Waals surface area contributed by atoms with Crippen LogP contribution in [-0.2, 0) is 0 Å². The van der Waals surface area contributed by atoms with E-state index in [0.717, 1.165) is 18.2 Å². The van der Waals surface area contributed by atoms with E-state index >= 15 is 0 Å². The van der Waals surface area contributed by atoms with Crippen LogP contribution < -0.4 is 10.6 Å². The van der Waals surface area contributed by atoms with E-state index in [4.69, 9.17) is 23.2 Å². The van der Waals surface area contributed by atoms with Crippen LogP contribution in [0.25, 0.3) is 0 Å². The molecule has 0 aliphatic carbocycles. The van der Waals surface area contributed by atoms with Crippen molar-refractivity contribution >= 4 is 35.0 Å². The lowest BCUT2D eigenvalue weighted by atomic mass is 9.77. The minimum atomic E-state index is -5.46. The molecule has 1 heterocycles. The lowest BCUT2D eigenvalue weighted by molar-refractivity contribution is -0.287. The fourth-order valence-electron chi connectivity index (χ4n) is 3.18. The highest BCUT2D eigenvalue weighted by atomic mass is 35.5. The highest BCUT2D eigenvalue weighted by molar-refractivity contribution is 6.31. The number of ketones is 1. The van der Waals surface area contributed by atoms with Gasteiger partial charge in [0.2, 0.25) is 5.72 Å². The van der Waals surface area contributed by atoms with Gasteiger partial charge in [-0.25, -0.2) is 9.18 Å². The Kier molecular flexibility index (Phi) is 5.50. The summed E-state index contributed by atoms with van der Waals surface area (Å²) < 4.78 is 55.8. The van der Waals surface area contributed by atoms with Crippen molar-refractivity contribution in [2.24, 2.45) is 5.92 Å². The van der Waals surface area contributed by atoms with Gasteiger partial charge in [0.15, 0.2) is 5.78 Å². The average Bonchev–Trinajstić information content (AvgIpc) is 2.60. The van der Waals surface area contributed by atoms with Crippen molar-refractivity contribution in [3.8, 4) is 0 Å². The second-order valence-corrected chi connectivity index (χ2v) is 7.17. The second-order valence-electron chi connectivity index (χ2n) is 6.32. The Balaban J connectivity index is 2.23. The molecule has 0 unspecified atom stereocenters. The van der Waals surface area contributed by atoms with Crippen LogP contribution in [0.4, 0.5) is 22.4 Å². The van der Waals surface area contributed by atoms with Crippen molar-refractivity contribution in [3.63, 3.8) is 0 Å². The normalized spacial score (nSPS) is 24.6. The predicted octanol–water partition coefficient (Wildman–Crippen LogP) is 4.24. The van der Waals surface area contributed by atoms with E-state index in [0.29, 0.717) is 0 Å². The molecule has 0 aromatic heterocycles. The predicted molar refractivity (Wildman–Crippen MR) is 96.1 cm³/mol. The number of Topliss-reactive ketones (excluding diaryl/α,β-unsaturated/α-hetero) is 1. The maximum Gasteiger partial charge on any atom is 0.437 e. The van der Waals surface area contributed by atoms with Crippen molar-refractivity contribution in [2.45, 2.75) is 17.9 Å². The number of nitrogens with one attached hydrogen (secondary N) is 2. The third kappa shape index (κ3) is 3.77. The molecular weight excluding hydrogens is 439 g/mol. The highest BCUT2D eigenvalue weighted by Gasteiger charge is 2.66. The molecule has 2 aromatic carbocycles. The molecule has 3 atom stereocenters. The molecule has 1 saturated heterocycles. The van der Waals surface area contributed by atoms with Crippen LogP contribution >= 0.6 is 23.2 Å². The zero-order valence-electron chi connectivity index (χ0n) is 14.2. The lowest BCUT2D eigenvalue weighted by Crippen LogP contribution is -2.72. The van der Waals surface area contributed by atoms with Gasteiger partial charge in [-0.3, -0.25) is 4.79 Å². The summed E-state index contributed by atoms with van der Waals surface area (Å²) in [6.07, 6.45) is -5.46. The summed E-state index contributed by atoms with van der Waals surface area (Å²) in [5.74, 6) is -4.66. The van der Waals surface area contributed by atoms with Crippen molar-refractivity contribution in [1.82, 2.24) is 10.6 Å². The number of benzene rings is 2. The summed E-state index contributed by atoms with van der Waals surface area (Å²) in [4.78, 5) is 24.9. The van der Waals surface area contributed by atoms with Gasteiger partial charge in [-0.15, -0.1) is 0 Å². The molecule has 11 heteroatoms. The molecule has 2 amide bonds. The number of urea groups is 1. The number of aliphatic hydroxyl groups is 1. The van der Waals surface area contributed by atoms with Gasteiger partial charge < -0.3 is 15.7 Å². The number of halogens is 6. The number of carbonyl (C=O) groups excluding carboxylic acids is 2. The zero-order valence-corrected chi connectivity index (χ0v) is 15.7. The molecular formula is C18H12Cl2F4N2O3. The quantitative estimate of drug-likeness (QED) is 0.483. The third-order valence-electron chi connectivity index (χ3n) is 4.53. The van der Waals surface area contributed by atoms with Gasteiger partial charge in [0.1, 0.15) is 11.7 Å². The number of alkyl halides is 3. The number of amides is 2. The molecule has 0 bridgehead atoms. The summed E-state index contributed by atoms with van der Waals surface area (Å²) in [5.41, 5.74) is -4.78. The van der Waals surface area contributed by atoms with Crippen LogP contribution in [0.3, 0.4) is 0 Å². The lowest BCUT2D eigenvalue weighted by Gasteiger charge is -2.45. The van der Waals surface area contributed by atoms with Gasteiger partial charge in [-0.1, -0.05) is 29.3 Å². The van der Waals surface area contributed by atoms with Crippen molar-refractivity contribution in [3.05, 3.63) is 69.5 Å². The Morgan fingerprint density at radius 2 is 1.72 bits per heavy atom. The molecule has 1 aliphatic heterocycles. The largest absolute Gasteiger partial charge is 0.437 e. The molecule has 5 nitrogen and oxygen atoms in total. The van der Waals surface area contributed by atoms with Gasteiger partial charge in [-0.05, 0) is 36.4 Å². The van der Waals surface area contributed by atoms with E-state index in [1.165, 1.54) is 29.6 Å². The molecule has 3 rings (SSSR count). The highest BCUT2D eigenvalue weighted by Crippen LogP contribution is 2.45. The Morgan fingerprint density at radius 3 is 2.28 bits per heavy atom. The fourth-order valence-corrected chi connectivity index (χ4v) is 3.59. The maximum atomic E-state index is 14.5. The van der Waals surface area contributed by atoms with Crippen molar-refractivity contribution in [1.29, 1.82) is 0 Å². The topological polar surface area (TPSA) is 78.4 Å². The van der Waals surface area contributed by atoms with Gasteiger partial charge >= 0.3 is 12.2 Å². The molecule has 0 spiro atoms. The van der Waals surface area contributed by atoms with Crippen molar-refractivity contribution in [2.75, 3.05) is 0 Å². The molecule has 29 heavy (non-hydrogen) atoms. The first-order chi connectivity index (χ1) is 13.5. The molecule has 1 aliphatic rings. The van der Waals surface area contributed by atoms with E-state index in [-0.39, 0.29) is 15.6 Å². The minimum Gasteiger partial charge on any atom is -0.363 e. The van der Waals surface area contributed by atoms with Gasteiger partial charge in [0.05, 0.1) is 6.04 Å². The molecule has 3 N–H and O–H groups in total. The Labute approximate surface area is 171 Å². The fraction of sp³-hybridized carbons (Fsp3) is 0.222. The Morgan fingerprint density at radius 1 is 1.10 bits per heavy atom. The van der Waals surface area contributed by atoms with E-state index < -0.39 is 47.1 Å². The first kappa shape index (κ1) is 21.4. The van der Waals surface area contributed by atoms with Crippen LogP contribution in [0.5, 0.6) is 0 Å². The molecule has 2 aromatic rings. The van der Waals surface area contributed by atoms with E-state index in [9.17, 15) is 32.3 Å². The zero-order chi connectivity index (χ0) is 21.6. The maximum absolute atomic E-state index is 14.5. The molecule has 154 valence electrons. The number of rotatable bonds is 3. The van der Waals surface area contributed by atoms with Crippen LogP contribution in [0.15, 0.2) is 42.5 Å². The first-order valence-electron chi connectivity index (χ1n) is 8.07. The number of carbonyl (C=O) groups is 2. The molecule has 0 radical (unpaired) electrons. The van der Waals surface area contributed by atoms with Gasteiger partial charge in [-0.2, -0.15) is 13.2 Å². The standard InChI is InChI=1S/C18H12Cl2F4N2O3/c19-9-6-4-8(5-7-9)15(27)13-14(12-10(20)2-1-3-11(12)21)25-16(28)26-17(13,29)18(22,23)24/h1-7,13-14,29H,(H2,25,26,28)/t13-,14-,17-/m0/s1. The van der Waals surface area contributed by atoms with E-state index in [2.05, 4.69) is 5.32 Å². The minimum absolute atomic E-state index is 0.219. The van der Waals surface area contributed by atoms with Gasteiger partial charge in [0, 0.05) is 21.2 Å². The second kappa shape index (κ2) is 7.47. The Hall–Kier alpha value is -2.36. The average molecular weight is 451 g/mol. The van der Waals surface area contributed by atoms with Crippen LogP contribution in [0, 0.1) is 11.7 Å². The van der Waals surface area contributed by atoms with Crippen LogP contribution in [0.1, 0.15) is 22.0 Å². The summed E-state index contributed by atoms with van der Waals surface area (Å²) in [6, 6.07) is 4.77. The number of hydrogen-bond donors (Lipinski definition) is 3. The number of hydrogen-bond acceptors (Lipinski definition) is 3. The smallest absolute Gasteiger partial charge is 0.363 e. The summed E-state index contributed by atoms with van der Waals surface area (Å²) in [7, 11) is 0. The summed E-state index contributed by atoms with van der Waals surface area (Å²) >= 11 is 11.7. The first-order valence-corrected chi connectivity index (χ1v) is 8.83. The van der Waals surface area contributed by atoms with Crippen molar-refractivity contribution < 1.29 is 32.3 Å². The third-order valence-corrected chi connectivity index (χ3v) is 5.11. The SMILES string of the molecule is O=C1N[C@@H](c2c(F)cccc2Cl)[C@@H](C(=O)c2ccc(Cl)cc2)[C@](O)(C(F)(F)F)N1. The summed E-state index contributed by atoms with van der Waals surface area (Å²) in [5, 5.41) is 13.7. The van der Waals surface area contributed by atoms with E-state index in [1.807, 2.05) is 0 Å². The summed E-state index contributed by atoms with van der Waals surface area (Å²) in [6.45, 7) is 0. The Bertz CT molecular complexity index is 948. The monoisotopic (exact) mass is 450 g/mol.